The summed E-state index contributed by atoms with van der Waals surface area (Å²) in [5, 5.41) is 2.51. The third-order valence-corrected chi connectivity index (χ3v) is 3.70. The van der Waals surface area contributed by atoms with E-state index < -0.39 is 21.4 Å². The Labute approximate surface area is 145 Å². The number of nitrogens with one attached hydrogen (secondary N) is 2. The molecule has 2 N–H and O–H groups in total. The van der Waals surface area contributed by atoms with Gasteiger partial charge in [-0.05, 0) is 24.4 Å². The van der Waals surface area contributed by atoms with Crippen LogP contribution in [-0.2, 0) is 0 Å². The van der Waals surface area contributed by atoms with Crippen molar-refractivity contribution < 1.29 is 4.79 Å². The second-order valence-corrected chi connectivity index (χ2v) is 7.03. The third kappa shape index (κ3) is 3.89. The van der Waals surface area contributed by atoms with Crippen molar-refractivity contribution in [3.63, 3.8) is 0 Å². The fourth-order valence-electron chi connectivity index (χ4n) is 1.77. The Morgan fingerprint density at radius 1 is 1.23 bits per heavy atom. The van der Waals surface area contributed by atoms with E-state index in [0.29, 0.717) is 5.56 Å². The van der Waals surface area contributed by atoms with Crippen LogP contribution in [0.4, 0.5) is 0 Å². The first kappa shape index (κ1) is 17.0. The summed E-state index contributed by atoms with van der Waals surface area (Å²) >= 11 is 22.8. The summed E-state index contributed by atoms with van der Waals surface area (Å²) in [6.07, 6.45) is 0.109. The van der Waals surface area contributed by atoms with E-state index in [1.165, 1.54) is 12.3 Å². The molecule has 1 heterocycles. The molecule has 0 unspecified atom stereocenters. The van der Waals surface area contributed by atoms with E-state index >= 15 is 0 Å². The van der Waals surface area contributed by atoms with E-state index in [9.17, 15) is 9.59 Å². The lowest BCUT2D eigenvalue weighted by Crippen LogP contribution is -2.45. The van der Waals surface area contributed by atoms with Gasteiger partial charge in [0.05, 0.1) is 0 Å². The molecule has 0 bridgehead atoms. The lowest BCUT2D eigenvalue weighted by molar-refractivity contribution is 0.0918. The highest BCUT2D eigenvalue weighted by Gasteiger charge is 2.36. The fourth-order valence-corrected chi connectivity index (χ4v) is 2.49. The van der Waals surface area contributed by atoms with Crippen LogP contribution < -0.4 is 10.9 Å². The molecule has 116 valence electrons. The van der Waals surface area contributed by atoms with Gasteiger partial charge in [-0.1, -0.05) is 53.0 Å². The van der Waals surface area contributed by atoms with Gasteiger partial charge in [0.1, 0.15) is 0 Å². The van der Waals surface area contributed by atoms with E-state index in [1.807, 2.05) is 0 Å². The number of hydrogen-bond donors (Lipinski definition) is 2. The number of H-pyrrole nitrogens is 1. The minimum Gasteiger partial charge on any atom is -0.339 e. The quantitative estimate of drug-likeness (QED) is 0.636. The van der Waals surface area contributed by atoms with Crippen LogP contribution in [0.25, 0.3) is 0 Å². The van der Waals surface area contributed by atoms with Crippen LogP contribution >= 0.6 is 47.0 Å². The average molecular weight is 379 g/mol. The molecular weight excluding hydrogens is 369 g/mol. The van der Waals surface area contributed by atoms with E-state index in [2.05, 4.69) is 10.3 Å². The van der Waals surface area contributed by atoms with Gasteiger partial charge in [0.15, 0.2) is 10.9 Å². The molecule has 0 saturated carbocycles. The van der Waals surface area contributed by atoms with Crippen molar-refractivity contribution in [2.45, 2.75) is 9.96 Å². The summed E-state index contributed by atoms with van der Waals surface area (Å²) in [4.78, 5) is 26.9. The number of hydrogen-bond acceptors (Lipinski definition) is 3. The Balaban J connectivity index is 2.43. The standard InChI is InChI=1S/C13H10Cl3N3O2S/c14-13(15,16)11(19-9(20)6-7-17-12(19)22)18-10(21)8-4-2-1-3-5-8/h1-7,11H,(H,17,22)(H,18,21)/t11-/m0/s1. The van der Waals surface area contributed by atoms with Gasteiger partial charge in [-0.3, -0.25) is 14.2 Å². The van der Waals surface area contributed by atoms with Crippen LogP contribution in [0, 0.1) is 4.77 Å². The second kappa shape index (κ2) is 6.83. The molecule has 9 heteroatoms. The minimum absolute atomic E-state index is 0.0252. The zero-order chi connectivity index (χ0) is 16.3. The SMILES string of the molecule is O=C(N[C@@H](n1c(=O)cc[nH]c1=S)C(Cl)(Cl)Cl)c1ccccc1. The average Bonchev–Trinajstić information content (AvgIpc) is 2.45. The summed E-state index contributed by atoms with van der Waals surface area (Å²) in [6, 6.07) is 9.56. The monoisotopic (exact) mass is 377 g/mol. The second-order valence-electron chi connectivity index (χ2n) is 4.27. The number of aromatic nitrogens is 2. The van der Waals surface area contributed by atoms with Crippen LogP contribution in [0.15, 0.2) is 47.4 Å². The highest BCUT2D eigenvalue weighted by molar-refractivity contribution is 7.71. The van der Waals surface area contributed by atoms with Crippen LogP contribution in [0.1, 0.15) is 16.5 Å². The summed E-state index contributed by atoms with van der Waals surface area (Å²) in [7, 11) is 0. The van der Waals surface area contributed by atoms with Crippen molar-refractivity contribution in [2.75, 3.05) is 0 Å². The predicted octanol–water partition coefficient (Wildman–Crippen LogP) is 3.20. The molecule has 0 aliphatic carbocycles. The van der Waals surface area contributed by atoms with Crippen molar-refractivity contribution in [3.05, 3.63) is 63.3 Å². The van der Waals surface area contributed by atoms with E-state index in [1.54, 1.807) is 30.3 Å². The number of carbonyl (C=O) groups excluding carboxylic acids is 1. The number of alkyl halides is 3. The Bertz CT molecular complexity index is 755. The summed E-state index contributed by atoms with van der Waals surface area (Å²) in [5.41, 5.74) is -0.144. The molecule has 0 fully saturated rings. The summed E-state index contributed by atoms with van der Waals surface area (Å²) in [5.74, 6) is -0.498. The Morgan fingerprint density at radius 2 is 1.86 bits per heavy atom. The Hall–Kier alpha value is -1.34. The smallest absolute Gasteiger partial charge is 0.256 e. The van der Waals surface area contributed by atoms with Crippen molar-refractivity contribution in [3.8, 4) is 0 Å². The molecule has 1 aromatic heterocycles. The van der Waals surface area contributed by atoms with Gasteiger partial charge in [0.25, 0.3) is 11.5 Å². The van der Waals surface area contributed by atoms with Gasteiger partial charge in [-0.2, -0.15) is 0 Å². The van der Waals surface area contributed by atoms with Crippen LogP contribution in [-0.4, -0.2) is 19.3 Å². The first-order valence-corrected chi connectivity index (χ1v) is 7.58. The number of aromatic amines is 1. The molecular formula is C13H10Cl3N3O2S. The highest BCUT2D eigenvalue weighted by Crippen LogP contribution is 2.36. The third-order valence-electron chi connectivity index (χ3n) is 2.76. The van der Waals surface area contributed by atoms with Crippen molar-refractivity contribution in [2.24, 2.45) is 0 Å². The molecule has 0 aliphatic rings. The van der Waals surface area contributed by atoms with Gasteiger partial charge in [-0.25, -0.2) is 0 Å². The van der Waals surface area contributed by atoms with E-state index in [0.717, 1.165) is 4.57 Å². The molecule has 1 aromatic carbocycles. The normalized spacial score (nSPS) is 12.7. The van der Waals surface area contributed by atoms with Gasteiger partial charge in [0.2, 0.25) is 3.79 Å². The maximum atomic E-state index is 12.3. The molecule has 2 aromatic rings. The first-order valence-electron chi connectivity index (χ1n) is 6.03. The maximum Gasteiger partial charge on any atom is 0.256 e. The van der Waals surface area contributed by atoms with Crippen molar-refractivity contribution >= 4 is 52.9 Å². The number of carbonyl (C=O) groups is 1. The van der Waals surface area contributed by atoms with Gasteiger partial charge in [-0.15, -0.1) is 0 Å². The number of halogens is 3. The largest absolute Gasteiger partial charge is 0.339 e. The lowest BCUT2D eigenvalue weighted by atomic mass is 10.2. The molecule has 5 nitrogen and oxygen atoms in total. The highest BCUT2D eigenvalue weighted by atomic mass is 35.6. The Morgan fingerprint density at radius 3 is 2.41 bits per heavy atom. The van der Waals surface area contributed by atoms with Gasteiger partial charge in [0, 0.05) is 17.8 Å². The maximum absolute atomic E-state index is 12.3. The lowest BCUT2D eigenvalue weighted by Gasteiger charge is -2.27. The summed E-state index contributed by atoms with van der Waals surface area (Å²) in [6.45, 7) is 0. The number of benzene rings is 1. The van der Waals surface area contributed by atoms with Gasteiger partial charge >= 0.3 is 0 Å². The van der Waals surface area contributed by atoms with Crippen LogP contribution in [0.5, 0.6) is 0 Å². The predicted molar refractivity (Wildman–Crippen MR) is 89.1 cm³/mol. The number of amides is 1. The number of nitrogens with zero attached hydrogens (tertiary/aromatic N) is 1. The zero-order valence-electron chi connectivity index (χ0n) is 10.9. The molecule has 0 saturated heterocycles. The molecule has 0 radical (unpaired) electrons. The van der Waals surface area contributed by atoms with Gasteiger partial charge < -0.3 is 10.3 Å². The molecule has 1 amide bonds. The molecule has 0 aliphatic heterocycles. The van der Waals surface area contributed by atoms with Crippen molar-refractivity contribution in [1.82, 2.24) is 14.9 Å². The molecule has 22 heavy (non-hydrogen) atoms. The zero-order valence-corrected chi connectivity index (χ0v) is 14.0. The van der Waals surface area contributed by atoms with Crippen molar-refractivity contribution in [1.29, 1.82) is 0 Å². The number of rotatable bonds is 3. The molecule has 2 rings (SSSR count). The minimum atomic E-state index is -1.98. The van der Waals surface area contributed by atoms with Crippen LogP contribution in [0.3, 0.4) is 0 Å². The topological polar surface area (TPSA) is 66.9 Å². The Kier molecular flexibility index (Phi) is 5.28. The fraction of sp³-hybridized carbons (Fsp3) is 0.154. The van der Waals surface area contributed by atoms with E-state index in [4.69, 9.17) is 47.0 Å². The summed E-state index contributed by atoms with van der Waals surface area (Å²) < 4.78 is -0.947. The molecule has 1 atom stereocenters. The first-order chi connectivity index (χ1) is 10.3. The van der Waals surface area contributed by atoms with Crippen LogP contribution in [0.2, 0.25) is 0 Å². The molecule has 0 spiro atoms. The van der Waals surface area contributed by atoms with E-state index in [-0.39, 0.29) is 4.77 Å².